The van der Waals surface area contributed by atoms with E-state index < -0.39 is 5.92 Å². The van der Waals surface area contributed by atoms with Gasteiger partial charge in [0.1, 0.15) is 18.2 Å². The maximum absolute atomic E-state index is 14.1. The fourth-order valence-electron chi connectivity index (χ4n) is 4.89. The molecule has 0 amide bonds. The van der Waals surface area contributed by atoms with Gasteiger partial charge < -0.3 is 19.7 Å². The molecule has 6 nitrogen and oxygen atoms in total. The molecule has 0 aliphatic carbocycles. The van der Waals surface area contributed by atoms with Gasteiger partial charge in [0.2, 0.25) is 0 Å². The molecular formula is C27H34F2N4O2. The van der Waals surface area contributed by atoms with Gasteiger partial charge in [-0.3, -0.25) is 0 Å². The van der Waals surface area contributed by atoms with Crippen LogP contribution in [0.15, 0.2) is 30.3 Å². The molecule has 8 heteroatoms. The number of aromatic nitrogens is 2. The average molecular weight is 485 g/mol. The van der Waals surface area contributed by atoms with Crippen molar-refractivity contribution in [2.24, 2.45) is 0 Å². The first kappa shape index (κ1) is 25.1. The summed E-state index contributed by atoms with van der Waals surface area (Å²) >= 11 is 0. The number of methoxy groups -OCH3 is 1. The van der Waals surface area contributed by atoms with Crippen molar-refractivity contribution in [2.75, 3.05) is 32.6 Å². The van der Waals surface area contributed by atoms with E-state index in [2.05, 4.69) is 27.2 Å². The lowest BCUT2D eigenvalue weighted by molar-refractivity contribution is 0.0167. The number of fused-ring (bicyclic) bond motifs is 1. The standard InChI is InChI=1S/C27H34F2N4O2/c1-16-20(10-7-11-22(16)27(4,28)29)17(2)30-26-21-13-25(35-15-19-9-8-12-33(19)5)24(34-6)14-23(21)31-18(3)32-26/h7,10-11,13-14,17,19H,8-9,12,15H2,1-6H3,(H,30,31,32)/t17-,19+/m1/s1. The number of ether oxygens (including phenoxy) is 2. The summed E-state index contributed by atoms with van der Waals surface area (Å²) in [6, 6.07) is 8.90. The predicted molar refractivity (Wildman–Crippen MR) is 135 cm³/mol. The smallest absolute Gasteiger partial charge is 0.270 e. The quantitative estimate of drug-likeness (QED) is 0.422. The zero-order valence-electron chi connectivity index (χ0n) is 21.3. The van der Waals surface area contributed by atoms with Crippen LogP contribution in [0, 0.1) is 13.8 Å². The van der Waals surface area contributed by atoms with Gasteiger partial charge in [-0.15, -0.1) is 0 Å². The number of benzene rings is 2. The Bertz CT molecular complexity index is 1210. The van der Waals surface area contributed by atoms with Crippen LogP contribution in [0.2, 0.25) is 0 Å². The molecule has 0 saturated carbocycles. The second-order valence-electron chi connectivity index (χ2n) is 9.50. The molecule has 35 heavy (non-hydrogen) atoms. The van der Waals surface area contributed by atoms with E-state index in [1.807, 2.05) is 32.0 Å². The number of hydrogen-bond acceptors (Lipinski definition) is 6. The molecule has 1 fully saturated rings. The van der Waals surface area contributed by atoms with Gasteiger partial charge in [0, 0.05) is 30.0 Å². The third-order valence-corrected chi connectivity index (χ3v) is 6.86. The van der Waals surface area contributed by atoms with Crippen LogP contribution in [0.5, 0.6) is 11.5 Å². The molecule has 1 aromatic heterocycles. The van der Waals surface area contributed by atoms with Gasteiger partial charge in [-0.25, -0.2) is 18.7 Å². The van der Waals surface area contributed by atoms with Crippen LogP contribution in [-0.2, 0) is 5.92 Å². The normalized spacial score (nSPS) is 17.5. The maximum atomic E-state index is 14.1. The minimum Gasteiger partial charge on any atom is -0.493 e. The molecule has 2 heterocycles. The van der Waals surface area contributed by atoms with Crippen molar-refractivity contribution < 1.29 is 18.3 Å². The lowest BCUT2D eigenvalue weighted by Crippen LogP contribution is -2.30. The SMILES string of the molecule is COc1cc2nc(C)nc(N[C@H](C)c3cccc(C(C)(F)F)c3C)c2cc1OC[C@@H]1CCCN1C. The van der Waals surface area contributed by atoms with Crippen LogP contribution in [0.1, 0.15) is 55.2 Å². The highest BCUT2D eigenvalue weighted by atomic mass is 19.3. The van der Waals surface area contributed by atoms with Crippen molar-refractivity contribution in [1.29, 1.82) is 0 Å². The Morgan fingerprint density at radius 2 is 1.97 bits per heavy atom. The van der Waals surface area contributed by atoms with E-state index >= 15 is 0 Å². The summed E-state index contributed by atoms with van der Waals surface area (Å²) < 4.78 is 40.0. The highest BCUT2D eigenvalue weighted by Gasteiger charge is 2.28. The van der Waals surface area contributed by atoms with E-state index in [1.54, 1.807) is 20.1 Å². The van der Waals surface area contributed by atoms with Gasteiger partial charge in [-0.1, -0.05) is 18.2 Å². The van der Waals surface area contributed by atoms with E-state index in [0.29, 0.717) is 41.4 Å². The number of nitrogens with zero attached hydrogens (tertiary/aromatic N) is 3. The molecule has 0 radical (unpaired) electrons. The maximum Gasteiger partial charge on any atom is 0.270 e. The first-order valence-corrected chi connectivity index (χ1v) is 12.0. The third-order valence-electron chi connectivity index (χ3n) is 6.86. The van der Waals surface area contributed by atoms with E-state index in [4.69, 9.17) is 9.47 Å². The van der Waals surface area contributed by atoms with Gasteiger partial charge in [-0.2, -0.15) is 0 Å². The summed E-state index contributed by atoms with van der Waals surface area (Å²) in [5, 5.41) is 4.21. The summed E-state index contributed by atoms with van der Waals surface area (Å²) in [7, 11) is 3.73. The van der Waals surface area contributed by atoms with Crippen LogP contribution in [0.25, 0.3) is 10.9 Å². The Morgan fingerprint density at radius 3 is 2.63 bits per heavy atom. The summed E-state index contributed by atoms with van der Waals surface area (Å²) in [6.07, 6.45) is 2.28. The number of alkyl halides is 2. The Labute approximate surface area is 205 Å². The Balaban J connectivity index is 1.68. The van der Waals surface area contributed by atoms with E-state index in [1.165, 1.54) is 12.5 Å². The molecule has 4 rings (SSSR count). The monoisotopic (exact) mass is 484 g/mol. The molecular weight excluding hydrogens is 450 g/mol. The van der Waals surface area contributed by atoms with Gasteiger partial charge in [-0.05, 0) is 64.4 Å². The number of hydrogen-bond donors (Lipinski definition) is 1. The number of nitrogens with one attached hydrogen (secondary N) is 1. The van der Waals surface area contributed by atoms with E-state index in [-0.39, 0.29) is 11.6 Å². The molecule has 2 aromatic carbocycles. The second kappa shape index (κ2) is 9.93. The highest BCUT2D eigenvalue weighted by molar-refractivity contribution is 5.92. The topological polar surface area (TPSA) is 59.5 Å². The zero-order chi connectivity index (χ0) is 25.3. The third kappa shape index (κ3) is 5.32. The minimum atomic E-state index is -2.91. The van der Waals surface area contributed by atoms with Crippen molar-refractivity contribution >= 4 is 16.7 Å². The number of likely N-dealkylation sites (tertiary alicyclic amines) is 1. The van der Waals surface area contributed by atoms with Gasteiger partial charge in [0.05, 0.1) is 18.7 Å². The average Bonchev–Trinajstić information content (AvgIpc) is 3.21. The first-order chi connectivity index (χ1) is 16.6. The summed E-state index contributed by atoms with van der Waals surface area (Å²) in [5.74, 6) is -0.440. The van der Waals surface area contributed by atoms with Gasteiger partial charge in [0.15, 0.2) is 11.5 Å². The Morgan fingerprint density at radius 1 is 1.20 bits per heavy atom. The van der Waals surface area contributed by atoms with Crippen LogP contribution in [0.3, 0.4) is 0 Å². The molecule has 0 bridgehead atoms. The molecule has 188 valence electrons. The molecule has 2 atom stereocenters. The Kier molecular flexibility index (Phi) is 7.12. The molecule has 1 N–H and O–H groups in total. The number of rotatable bonds is 8. The van der Waals surface area contributed by atoms with Crippen molar-refractivity contribution in [3.63, 3.8) is 0 Å². The Hall–Kier alpha value is -3.00. The molecule has 0 spiro atoms. The molecule has 1 aliphatic heterocycles. The molecule has 0 unspecified atom stereocenters. The van der Waals surface area contributed by atoms with E-state index in [9.17, 15) is 8.78 Å². The lowest BCUT2D eigenvalue weighted by Gasteiger charge is -2.23. The number of aryl methyl sites for hydroxylation is 1. The summed E-state index contributed by atoms with van der Waals surface area (Å²) in [5.41, 5.74) is 2.12. The first-order valence-electron chi connectivity index (χ1n) is 12.0. The van der Waals surface area contributed by atoms with Crippen LogP contribution in [0.4, 0.5) is 14.6 Å². The lowest BCUT2D eigenvalue weighted by atomic mass is 9.94. The largest absolute Gasteiger partial charge is 0.493 e. The van der Waals surface area contributed by atoms with E-state index in [0.717, 1.165) is 36.4 Å². The minimum absolute atomic E-state index is 0.0321. The van der Waals surface area contributed by atoms with Crippen LogP contribution >= 0.6 is 0 Å². The fourth-order valence-corrected chi connectivity index (χ4v) is 4.89. The van der Waals surface area contributed by atoms with Crippen molar-refractivity contribution in [3.05, 3.63) is 52.8 Å². The molecule has 3 aromatic rings. The van der Waals surface area contributed by atoms with Gasteiger partial charge in [0.25, 0.3) is 5.92 Å². The fraction of sp³-hybridized carbons (Fsp3) is 0.481. The predicted octanol–water partition coefficient (Wildman–Crippen LogP) is 6.01. The summed E-state index contributed by atoms with van der Waals surface area (Å²) in [4.78, 5) is 11.5. The second-order valence-corrected chi connectivity index (χ2v) is 9.50. The van der Waals surface area contributed by atoms with Gasteiger partial charge >= 0.3 is 0 Å². The zero-order valence-corrected chi connectivity index (χ0v) is 21.3. The van der Waals surface area contributed by atoms with Crippen molar-refractivity contribution in [3.8, 4) is 11.5 Å². The molecule has 1 aliphatic rings. The van der Waals surface area contributed by atoms with Crippen LogP contribution in [-0.4, -0.2) is 48.2 Å². The number of likely N-dealkylation sites (N-methyl/N-ethyl adjacent to an activating group) is 1. The van der Waals surface area contributed by atoms with Crippen molar-refractivity contribution in [2.45, 2.75) is 58.5 Å². The number of anilines is 1. The number of halogens is 2. The van der Waals surface area contributed by atoms with Crippen LogP contribution < -0.4 is 14.8 Å². The highest BCUT2D eigenvalue weighted by Crippen LogP contribution is 2.37. The molecule has 1 saturated heterocycles. The summed E-state index contributed by atoms with van der Waals surface area (Å²) in [6.45, 7) is 8.08. The van der Waals surface area contributed by atoms with Crippen molar-refractivity contribution in [1.82, 2.24) is 14.9 Å².